The first kappa shape index (κ1) is 11.5. The molecule has 0 aliphatic heterocycles. The van der Waals surface area contributed by atoms with Gasteiger partial charge >= 0.3 is 5.69 Å². The van der Waals surface area contributed by atoms with Crippen molar-refractivity contribution in [1.82, 2.24) is 9.97 Å². The van der Waals surface area contributed by atoms with Crippen LogP contribution in [-0.4, -0.2) is 20.9 Å². The summed E-state index contributed by atoms with van der Waals surface area (Å²) in [6.45, 7) is 4.02. The van der Waals surface area contributed by atoms with E-state index >= 15 is 0 Å². The van der Waals surface area contributed by atoms with Gasteiger partial charge in [-0.3, -0.25) is 10.1 Å². The number of hydrogen-bond donors (Lipinski definition) is 1. The Hall–Kier alpha value is -1.56. The molecule has 1 atom stereocenters. The minimum absolute atomic E-state index is 0.0218. The van der Waals surface area contributed by atoms with Gasteiger partial charge in [-0.05, 0) is 5.92 Å². The molecule has 0 aliphatic rings. The van der Waals surface area contributed by atoms with Gasteiger partial charge in [0.2, 0.25) is 0 Å². The van der Waals surface area contributed by atoms with Gasteiger partial charge < -0.3 is 5.73 Å². The fourth-order valence-electron chi connectivity index (χ4n) is 0.994. The summed E-state index contributed by atoms with van der Waals surface area (Å²) in [6.07, 6.45) is 2.94. The lowest BCUT2D eigenvalue weighted by Gasteiger charge is -2.13. The molecule has 1 aromatic rings. The molecule has 1 unspecified atom stereocenters. The van der Waals surface area contributed by atoms with E-state index in [0.717, 1.165) is 0 Å². The molecule has 6 heteroatoms. The van der Waals surface area contributed by atoms with Crippen LogP contribution in [0.15, 0.2) is 12.4 Å². The van der Waals surface area contributed by atoms with Crippen LogP contribution in [0, 0.1) is 16.0 Å². The zero-order chi connectivity index (χ0) is 11.4. The minimum atomic E-state index is -0.522. The quantitative estimate of drug-likeness (QED) is 0.588. The molecule has 0 amide bonds. The molecular weight excluding hydrogens is 196 g/mol. The van der Waals surface area contributed by atoms with Crippen molar-refractivity contribution in [3.05, 3.63) is 28.3 Å². The Bertz CT molecular complexity index is 336. The Balaban J connectivity index is 2.68. The van der Waals surface area contributed by atoms with Crippen LogP contribution in [0.2, 0.25) is 0 Å². The zero-order valence-electron chi connectivity index (χ0n) is 8.75. The van der Waals surface area contributed by atoms with Gasteiger partial charge in [-0.1, -0.05) is 13.8 Å². The van der Waals surface area contributed by atoms with Crippen molar-refractivity contribution in [3.8, 4) is 0 Å². The van der Waals surface area contributed by atoms with Crippen LogP contribution in [0.5, 0.6) is 0 Å². The summed E-state index contributed by atoms with van der Waals surface area (Å²) in [5, 5.41) is 10.3. The SMILES string of the molecule is CC(C)C(N)Cc1ncc([N+](=O)[O-])cn1. The Morgan fingerprint density at radius 2 is 2.00 bits per heavy atom. The third-order valence-corrected chi connectivity index (χ3v) is 2.18. The average Bonchev–Trinajstić information content (AvgIpc) is 2.18. The van der Waals surface area contributed by atoms with Crippen molar-refractivity contribution in [3.63, 3.8) is 0 Å². The number of nitrogens with zero attached hydrogens (tertiary/aromatic N) is 3. The van der Waals surface area contributed by atoms with Crippen LogP contribution >= 0.6 is 0 Å². The van der Waals surface area contributed by atoms with Gasteiger partial charge in [0, 0.05) is 12.5 Å². The molecule has 0 bridgehead atoms. The average molecular weight is 210 g/mol. The van der Waals surface area contributed by atoms with Crippen molar-refractivity contribution >= 4 is 5.69 Å². The molecule has 0 aliphatic carbocycles. The molecule has 1 aromatic heterocycles. The van der Waals surface area contributed by atoms with Crippen LogP contribution < -0.4 is 5.73 Å². The second-order valence-corrected chi connectivity index (χ2v) is 3.73. The van der Waals surface area contributed by atoms with Crippen molar-refractivity contribution in [1.29, 1.82) is 0 Å². The summed E-state index contributed by atoms with van der Waals surface area (Å²) in [4.78, 5) is 17.6. The van der Waals surface area contributed by atoms with Crippen LogP contribution in [0.1, 0.15) is 19.7 Å². The summed E-state index contributed by atoms with van der Waals surface area (Å²) < 4.78 is 0. The third kappa shape index (κ3) is 3.25. The van der Waals surface area contributed by atoms with E-state index < -0.39 is 4.92 Å². The number of nitrogens with two attached hydrogens (primary N) is 1. The second kappa shape index (κ2) is 4.79. The first-order valence-corrected chi connectivity index (χ1v) is 4.71. The van der Waals surface area contributed by atoms with Crippen molar-refractivity contribution in [2.75, 3.05) is 0 Å². The number of rotatable bonds is 4. The van der Waals surface area contributed by atoms with E-state index in [-0.39, 0.29) is 11.7 Å². The molecule has 0 radical (unpaired) electrons. The summed E-state index contributed by atoms with van der Waals surface area (Å²) >= 11 is 0. The predicted molar refractivity (Wildman–Crippen MR) is 55.2 cm³/mol. The zero-order valence-corrected chi connectivity index (χ0v) is 8.75. The van der Waals surface area contributed by atoms with E-state index in [1.165, 1.54) is 12.4 Å². The van der Waals surface area contributed by atoms with Gasteiger partial charge in [-0.15, -0.1) is 0 Å². The lowest BCUT2D eigenvalue weighted by atomic mass is 10.0. The Labute approximate surface area is 87.7 Å². The highest BCUT2D eigenvalue weighted by Crippen LogP contribution is 2.08. The van der Waals surface area contributed by atoms with Gasteiger partial charge in [0.1, 0.15) is 18.2 Å². The maximum Gasteiger partial charge on any atom is 0.305 e. The molecular formula is C9H14N4O2. The predicted octanol–water partition coefficient (Wildman–Crippen LogP) is 0.911. The third-order valence-electron chi connectivity index (χ3n) is 2.18. The van der Waals surface area contributed by atoms with Gasteiger partial charge in [0.05, 0.1) is 4.92 Å². The number of nitro groups is 1. The second-order valence-electron chi connectivity index (χ2n) is 3.73. The summed E-state index contributed by atoms with van der Waals surface area (Å²) in [5.74, 6) is 0.880. The summed E-state index contributed by atoms with van der Waals surface area (Å²) in [6, 6.07) is -0.0218. The molecule has 0 saturated carbocycles. The normalized spacial score (nSPS) is 12.8. The van der Waals surface area contributed by atoms with Crippen molar-refractivity contribution < 1.29 is 4.92 Å². The molecule has 0 saturated heterocycles. The lowest BCUT2D eigenvalue weighted by molar-refractivity contribution is -0.385. The van der Waals surface area contributed by atoms with Crippen molar-refractivity contribution in [2.24, 2.45) is 11.7 Å². The highest BCUT2D eigenvalue weighted by Gasteiger charge is 2.12. The number of aromatic nitrogens is 2. The first-order valence-electron chi connectivity index (χ1n) is 4.71. The van der Waals surface area contributed by atoms with E-state index in [9.17, 15) is 10.1 Å². The van der Waals surface area contributed by atoms with E-state index in [4.69, 9.17) is 5.73 Å². The molecule has 0 fully saturated rings. The first-order chi connectivity index (χ1) is 7.00. The van der Waals surface area contributed by atoms with E-state index in [0.29, 0.717) is 18.2 Å². The van der Waals surface area contributed by atoms with E-state index in [1.807, 2.05) is 13.8 Å². The highest BCUT2D eigenvalue weighted by atomic mass is 16.6. The Morgan fingerprint density at radius 3 is 2.40 bits per heavy atom. The molecule has 0 spiro atoms. The van der Waals surface area contributed by atoms with Crippen LogP contribution in [0.25, 0.3) is 0 Å². The monoisotopic (exact) mass is 210 g/mol. The maximum atomic E-state index is 10.3. The molecule has 1 heterocycles. The van der Waals surface area contributed by atoms with Gasteiger partial charge in [-0.25, -0.2) is 9.97 Å². The smallest absolute Gasteiger partial charge is 0.305 e. The van der Waals surface area contributed by atoms with Crippen LogP contribution in [-0.2, 0) is 6.42 Å². The summed E-state index contributed by atoms with van der Waals surface area (Å²) in [7, 11) is 0. The van der Waals surface area contributed by atoms with Gasteiger partial charge in [0.15, 0.2) is 0 Å². The maximum absolute atomic E-state index is 10.3. The van der Waals surface area contributed by atoms with Gasteiger partial charge in [0.25, 0.3) is 0 Å². The topological polar surface area (TPSA) is 94.9 Å². The van der Waals surface area contributed by atoms with Gasteiger partial charge in [-0.2, -0.15) is 0 Å². The Kier molecular flexibility index (Phi) is 3.68. The fraction of sp³-hybridized carbons (Fsp3) is 0.556. The molecule has 2 N–H and O–H groups in total. The largest absolute Gasteiger partial charge is 0.327 e. The Morgan fingerprint density at radius 1 is 1.47 bits per heavy atom. The lowest BCUT2D eigenvalue weighted by Crippen LogP contribution is -2.29. The standard InChI is InChI=1S/C9H14N4O2/c1-6(2)8(10)3-9-11-4-7(5-12-9)13(14)15/h4-6,8H,3,10H2,1-2H3. The number of hydrogen-bond acceptors (Lipinski definition) is 5. The molecule has 6 nitrogen and oxygen atoms in total. The van der Waals surface area contributed by atoms with Crippen LogP contribution in [0.4, 0.5) is 5.69 Å². The van der Waals surface area contributed by atoms with E-state index in [2.05, 4.69) is 9.97 Å². The van der Waals surface area contributed by atoms with Crippen molar-refractivity contribution in [2.45, 2.75) is 26.3 Å². The minimum Gasteiger partial charge on any atom is -0.327 e. The molecule has 82 valence electrons. The molecule has 1 rings (SSSR count). The van der Waals surface area contributed by atoms with E-state index in [1.54, 1.807) is 0 Å². The fourth-order valence-corrected chi connectivity index (χ4v) is 0.994. The van der Waals surface area contributed by atoms with Crippen LogP contribution in [0.3, 0.4) is 0 Å². The molecule has 0 aromatic carbocycles. The summed E-state index contributed by atoms with van der Waals surface area (Å²) in [5.41, 5.74) is 5.73. The highest BCUT2D eigenvalue weighted by molar-refractivity contribution is 5.20. The molecule has 15 heavy (non-hydrogen) atoms.